The highest BCUT2D eigenvalue weighted by Gasteiger charge is 2.27. The molecule has 0 saturated carbocycles. The van der Waals surface area contributed by atoms with Gasteiger partial charge >= 0.3 is 0 Å². The fraction of sp³-hybridized carbons (Fsp3) is 0.429. The standard InChI is InChI=1S/C21H26N2O2/c1-15-5-9-18(10-6-15)21-19(4-3-11-25-21)14-23-20(24)12-17-8-7-16(2)22-13-17/h5-10,13,19,21H,3-4,11-12,14H2,1-2H3,(H,23,24)/t19-,21+/m1/s1. The van der Waals surface area contributed by atoms with Gasteiger partial charge in [-0.3, -0.25) is 9.78 Å². The van der Waals surface area contributed by atoms with E-state index >= 15 is 0 Å². The van der Waals surface area contributed by atoms with Gasteiger partial charge in [-0.1, -0.05) is 35.9 Å². The average molecular weight is 338 g/mol. The third-order valence-corrected chi connectivity index (χ3v) is 4.75. The SMILES string of the molecule is Cc1ccc([C@@H]2OCCC[C@@H]2CNC(=O)Cc2ccc(C)nc2)cc1. The Kier molecular flexibility index (Phi) is 5.82. The molecule has 0 unspecified atom stereocenters. The number of hydrogen-bond donors (Lipinski definition) is 1. The Morgan fingerprint density at radius 3 is 2.72 bits per heavy atom. The smallest absolute Gasteiger partial charge is 0.224 e. The van der Waals surface area contributed by atoms with Gasteiger partial charge in [0.15, 0.2) is 0 Å². The molecule has 1 saturated heterocycles. The van der Waals surface area contributed by atoms with Gasteiger partial charge < -0.3 is 10.1 Å². The summed E-state index contributed by atoms with van der Waals surface area (Å²) in [6.45, 7) is 5.47. The van der Waals surface area contributed by atoms with Crippen molar-refractivity contribution in [1.82, 2.24) is 10.3 Å². The Balaban J connectivity index is 1.57. The second kappa shape index (κ2) is 8.26. The molecule has 1 aliphatic heterocycles. The van der Waals surface area contributed by atoms with Crippen LogP contribution in [-0.4, -0.2) is 24.0 Å². The summed E-state index contributed by atoms with van der Waals surface area (Å²) >= 11 is 0. The lowest BCUT2D eigenvalue weighted by molar-refractivity contribution is -0.121. The number of aryl methyl sites for hydroxylation is 2. The highest BCUT2D eigenvalue weighted by Crippen LogP contribution is 2.33. The normalized spacial score (nSPS) is 20.2. The van der Waals surface area contributed by atoms with E-state index in [2.05, 4.69) is 41.5 Å². The number of amides is 1. The van der Waals surface area contributed by atoms with E-state index in [-0.39, 0.29) is 12.0 Å². The number of nitrogens with zero attached hydrogens (tertiary/aromatic N) is 1. The zero-order valence-corrected chi connectivity index (χ0v) is 15.0. The quantitative estimate of drug-likeness (QED) is 0.907. The fourth-order valence-electron chi connectivity index (χ4n) is 3.27. The van der Waals surface area contributed by atoms with E-state index in [1.165, 1.54) is 11.1 Å². The van der Waals surface area contributed by atoms with Gasteiger partial charge in [-0.15, -0.1) is 0 Å². The summed E-state index contributed by atoms with van der Waals surface area (Å²) in [4.78, 5) is 16.5. The summed E-state index contributed by atoms with van der Waals surface area (Å²) in [5.41, 5.74) is 4.35. The Labute approximate surface area is 149 Å². The highest BCUT2D eigenvalue weighted by atomic mass is 16.5. The third-order valence-electron chi connectivity index (χ3n) is 4.75. The summed E-state index contributed by atoms with van der Waals surface area (Å²) in [6, 6.07) is 12.4. The zero-order valence-electron chi connectivity index (χ0n) is 15.0. The van der Waals surface area contributed by atoms with Crippen LogP contribution < -0.4 is 5.32 Å². The molecule has 2 atom stereocenters. The van der Waals surface area contributed by atoms with Gasteiger partial charge in [0.2, 0.25) is 5.91 Å². The van der Waals surface area contributed by atoms with Gasteiger partial charge in [0.05, 0.1) is 12.5 Å². The van der Waals surface area contributed by atoms with E-state index in [0.717, 1.165) is 30.7 Å². The minimum absolute atomic E-state index is 0.0406. The topological polar surface area (TPSA) is 51.2 Å². The largest absolute Gasteiger partial charge is 0.373 e. The van der Waals surface area contributed by atoms with Crippen molar-refractivity contribution in [1.29, 1.82) is 0 Å². The minimum atomic E-state index is 0.0406. The van der Waals surface area contributed by atoms with Crippen molar-refractivity contribution in [2.45, 2.75) is 39.2 Å². The Bertz CT molecular complexity index is 695. The van der Waals surface area contributed by atoms with Crippen molar-refractivity contribution < 1.29 is 9.53 Å². The summed E-state index contributed by atoms with van der Waals surface area (Å²) in [7, 11) is 0. The predicted octanol–water partition coefficient (Wildman–Crippen LogP) is 3.53. The maximum absolute atomic E-state index is 12.2. The molecule has 1 aromatic carbocycles. The molecule has 1 fully saturated rings. The van der Waals surface area contributed by atoms with Gasteiger partial charge in [0.25, 0.3) is 0 Å². The lowest BCUT2D eigenvalue weighted by atomic mass is 9.89. The first-order valence-corrected chi connectivity index (χ1v) is 8.98. The molecule has 0 bridgehead atoms. The maximum atomic E-state index is 12.2. The molecule has 0 radical (unpaired) electrons. The Morgan fingerprint density at radius 2 is 2.00 bits per heavy atom. The second-order valence-corrected chi connectivity index (χ2v) is 6.89. The van der Waals surface area contributed by atoms with Crippen molar-refractivity contribution in [3.05, 3.63) is 65.0 Å². The van der Waals surface area contributed by atoms with Crippen LogP contribution >= 0.6 is 0 Å². The van der Waals surface area contributed by atoms with E-state index in [1.54, 1.807) is 6.20 Å². The van der Waals surface area contributed by atoms with Crippen LogP contribution in [0.5, 0.6) is 0 Å². The molecule has 0 spiro atoms. The van der Waals surface area contributed by atoms with Crippen molar-refractivity contribution in [3.63, 3.8) is 0 Å². The minimum Gasteiger partial charge on any atom is -0.373 e. The van der Waals surface area contributed by atoms with Gasteiger partial charge in [0, 0.05) is 31.0 Å². The van der Waals surface area contributed by atoms with Crippen LogP contribution in [0.1, 0.15) is 41.3 Å². The number of ether oxygens (including phenoxy) is 1. The molecule has 1 aliphatic rings. The molecule has 0 aliphatic carbocycles. The van der Waals surface area contributed by atoms with Crippen LogP contribution in [0.4, 0.5) is 0 Å². The first-order valence-electron chi connectivity index (χ1n) is 8.98. The van der Waals surface area contributed by atoms with Crippen LogP contribution in [0.2, 0.25) is 0 Å². The van der Waals surface area contributed by atoms with Gasteiger partial charge in [-0.2, -0.15) is 0 Å². The van der Waals surface area contributed by atoms with Crippen LogP contribution in [0.15, 0.2) is 42.6 Å². The first-order chi connectivity index (χ1) is 12.1. The first kappa shape index (κ1) is 17.6. The van der Waals surface area contributed by atoms with Crippen LogP contribution in [0, 0.1) is 19.8 Å². The molecule has 2 aromatic rings. The monoisotopic (exact) mass is 338 g/mol. The van der Waals surface area contributed by atoms with Crippen molar-refractivity contribution in [2.75, 3.05) is 13.2 Å². The predicted molar refractivity (Wildman–Crippen MR) is 98.3 cm³/mol. The third kappa shape index (κ3) is 4.89. The van der Waals surface area contributed by atoms with E-state index in [9.17, 15) is 4.79 Å². The molecule has 1 amide bonds. The molecule has 25 heavy (non-hydrogen) atoms. The van der Waals surface area contributed by atoms with E-state index in [4.69, 9.17) is 4.74 Å². The second-order valence-electron chi connectivity index (χ2n) is 6.89. The lowest BCUT2D eigenvalue weighted by Crippen LogP contribution is -2.35. The van der Waals surface area contributed by atoms with Crippen molar-refractivity contribution in [2.24, 2.45) is 5.92 Å². The molecule has 4 heteroatoms. The van der Waals surface area contributed by atoms with Gasteiger partial charge in [0.1, 0.15) is 0 Å². The molecule has 4 nitrogen and oxygen atoms in total. The number of benzene rings is 1. The van der Waals surface area contributed by atoms with Crippen LogP contribution in [0.25, 0.3) is 0 Å². The van der Waals surface area contributed by atoms with Crippen molar-refractivity contribution >= 4 is 5.91 Å². The lowest BCUT2D eigenvalue weighted by Gasteiger charge is -2.32. The maximum Gasteiger partial charge on any atom is 0.224 e. The molecular formula is C21H26N2O2. The number of nitrogens with one attached hydrogen (secondary N) is 1. The summed E-state index contributed by atoms with van der Waals surface area (Å²) in [6.07, 6.45) is 4.33. The Morgan fingerprint density at radius 1 is 1.20 bits per heavy atom. The van der Waals surface area contributed by atoms with E-state index in [1.807, 2.05) is 19.1 Å². The molecule has 3 rings (SSSR count). The van der Waals surface area contributed by atoms with E-state index < -0.39 is 0 Å². The molecule has 2 heterocycles. The number of rotatable bonds is 5. The highest BCUT2D eigenvalue weighted by molar-refractivity contribution is 5.78. The van der Waals surface area contributed by atoms with Gasteiger partial charge in [-0.25, -0.2) is 0 Å². The number of hydrogen-bond acceptors (Lipinski definition) is 3. The molecule has 1 aromatic heterocycles. The van der Waals surface area contributed by atoms with Crippen LogP contribution in [-0.2, 0) is 16.0 Å². The average Bonchev–Trinajstić information content (AvgIpc) is 2.63. The molecular weight excluding hydrogens is 312 g/mol. The number of aromatic nitrogens is 1. The number of pyridine rings is 1. The molecule has 1 N–H and O–H groups in total. The summed E-state index contributed by atoms with van der Waals surface area (Å²) < 4.78 is 6.02. The summed E-state index contributed by atoms with van der Waals surface area (Å²) in [5, 5.41) is 3.08. The number of carbonyl (C=O) groups excluding carboxylic acids is 1. The fourth-order valence-corrected chi connectivity index (χ4v) is 3.27. The van der Waals surface area contributed by atoms with Crippen LogP contribution in [0.3, 0.4) is 0 Å². The summed E-state index contributed by atoms with van der Waals surface area (Å²) in [5.74, 6) is 0.357. The zero-order chi connectivity index (χ0) is 17.6. The Hall–Kier alpha value is -2.20. The number of carbonyl (C=O) groups is 1. The van der Waals surface area contributed by atoms with Gasteiger partial charge in [-0.05, 0) is 43.9 Å². The molecule has 132 valence electrons. The van der Waals surface area contributed by atoms with Crippen molar-refractivity contribution in [3.8, 4) is 0 Å². The van der Waals surface area contributed by atoms with E-state index in [0.29, 0.717) is 18.9 Å².